The van der Waals surface area contributed by atoms with Crippen molar-refractivity contribution >= 4 is 29.2 Å². The normalized spacial score (nSPS) is 11.2. The van der Waals surface area contributed by atoms with Crippen molar-refractivity contribution in [2.45, 2.75) is 19.1 Å². The second-order valence-corrected chi connectivity index (χ2v) is 8.52. The molecule has 4 aromatic rings. The fourth-order valence-electron chi connectivity index (χ4n) is 3.78. The zero-order chi connectivity index (χ0) is 26.7. The third-order valence-electron chi connectivity index (χ3n) is 5.61. The summed E-state index contributed by atoms with van der Waals surface area (Å²) in [6.45, 7) is 0.503. The molecule has 0 heterocycles. The summed E-state index contributed by atoms with van der Waals surface area (Å²) >= 11 is 0. The Hall–Kier alpha value is -5.11. The monoisotopic (exact) mass is 508 g/mol. The van der Waals surface area contributed by atoms with E-state index in [1.807, 2.05) is 60.7 Å². The van der Waals surface area contributed by atoms with Gasteiger partial charge in [-0.3, -0.25) is 15.0 Å². The van der Waals surface area contributed by atoms with Crippen LogP contribution in [0.3, 0.4) is 0 Å². The summed E-state index contributed by atoms with van der Waals surface area (Å²) in [5.41, 5.74) is 3.31. The molecule has 38 heavy (non-hydrogen) atoms. The van der Waals surface area contributed by atoms with Crippen LogP contribution in [0.4, 0.5) is 11.4 Å². The van der Waals surface area contributed by atoms with E-state index in [9.17, 15) is 14.7 Å². The molecular formula is C30H28N4O4. The van der Waals surface area contributed by atoms with Crippen LogP contribution in [0.25, 0.3) is 0 Å². The first-order valence-corrected chi connectivity index (χ1v) is 12.0. The Morgan fingerprint density at radius 2 is 1.45 bits per heavy atom. The molecule has 8 nitrogen and oxygen atoms in total. The Morgan fingerprint density at radius 1 is 0.789 bits per heavy atom. The maximum Gasteiger partial charge on any atom is 0.307 e. The molecule has 1 unspecified atom stereocenters. The molecule has 192 valence electrons. The lowest BCUT2D eigenvalue weighted by atomic mass is 10.1. The number of benzene rings is 4. The average Bonchev–Trinajstić information content (AvgIpc) is 2.93. The van der Waals surface area contributed by atoms with Crippen LogP contribution in [0.2, 0.25) is 0 Å². The fraction of sp³-hybridized carbons (Fsp3) is 0.100. The Bertz CT molecular complexity index is 1390. The molecule has 0 bridgehead atoms. The van der Waals surface area contributed by atoms with Crippen molar-refractivity contribution in [3.05, 3.63) is 126 Å². The molecule has 4 aromatic carbocycles. The van der Waals surface area contributed by atoms with Gasteiger partial charge in [0.2, 0.25) is 0 Å². The average molecular weight is 509 g/mol. The van der Waals surface area contributed by atoms with E-state index in [0.29, 0.717) is 29.2 Å². The molecule has 0 radical (unpaired) electrons. The minimum atomic E-state index is -0.972. The summed E-state index contributed by atoms with van der Waals surface area (Å²) in [5, 5.41) is 26.3. The largest absolute Gasteiger partial charge is 0.485 e. The molecule has 4 rings (SSSR count). The predicted molar refractivity (Wildman–Crippen MR) is 148 cm³/mol. The minimum absolute atomic E-state index is 0.116. The van der Waals surface area contributed by atoms with Crippen molar-refractivity contribution in [2.24, 2.45) is 0 Å². The van der Waals surface area contributed by atoms with E-state index in [1.165, 1.54) is 0 Å². The van der Waals surface area contributed by atoms with Crippen molar-refractivity contribution in [1.82, 2.24) is 5.32 Å². The summed E-state index contributed by atoms with van der Waals surface area (Å²) in [6, 6.07) is 32.6. The number of aliphatic carboxylic acids is 1. The van der Waals surface area contributed by atoms with Crippen LogP contribution in [0.1, 0.15) is 34.0 Å². The van der Waals surface area contributed by atoms with Crippen LogP contribution in [0.5, 0.6) is 5.75 Å². The van der Waals surface area contributed by atoms with Crippen LogP contribution >= 0.6 is 0 Å². The first-order valence-electron chi connectivity index (χ1n) is 12.0. The molecule has 1 amide bonds. The Kier molecular flexibility index (Phi) is 8.70. The van der Waals surface area contributed by atoms with Gasteiger partial charge in [0.1, 0.15) is 11.9 Å². The van der Waals surface area contributed by atoms with Gasteiger partial charge in [0.15, 0.2) is 5.96 Å². The zero-order valence-electron chi connectivity index (χ0n) is 20.6. The van der Waals surface area contributed by atoms with Gasteiger partial charge in [-0.05, 0) is 41.5 Å². The maximum atomic E-state index is 12.9. The molecule has 0 aliphatic carbocycles. The van der Waals surface area contributed by atoms with Crippen molar-refractivity contribution in [2.75, 3.05) is 10.6 Å². The number of rotatable bonds is 10. The topological polar surface area (TPSA) is 124 Å². The van der Waals surface area contributed by atoms with Crippen molar-refractivity contribution in [3.63, 3.8) is 0 Å². The summed E-state index contributed by atoms with van der Waals surface area (Å²) in [5.74, 6) is -0.753. The maximum absolute atomic E-state index is 12.9. The first-order chi connectivity index (χ1) is 18.5. The highest BCUT2D eigenvalue weighted by molar-refractivity contribution is 6.05. The molecule has 1 atom stereocenters. The molecule has 8 heteroatoms. The van der Waals surface area contributed by atoms with Crippen LogP contribution < -0.4 is 20.7 Å². The van der Waals surface area contributed by atoms with E-state index in [1.54, 1.807) is 48.5 Å². The SMILES string of the molecule is N=C(NCc1ccccc1)Nc1cccc(C(=O)Nc2cccc(OC(CC(=O)O)c3ccccc3)c2)c1. The minimum Gasteiger partial charge on any atom is -0.485 e. The second kappa shape index (κ2) is 12.7. The Morgan fingerprint density at radius 3 is 2.16 bits per heavy atom. The smallest absolute Gasteiger partial charge is 0.307 e. The van der Waals surface area contributed by atoms with E-state index in [2.05, 4.69) is 16.0 Å². The van der Waals surface area contributed by atoms with Crippen molar-refractivity contribution in [1.29, 1.82) is 5.41 Å². The number of anilines is 2. The third-order valence-corrected chi connectivity index (χ3v) is 5.61. The predicted octanol–water partition coefficient (Wildman–Crippen LogP) is 5.67. The molecule has 0 spiro atoms. The number of amides is 1. The van der Waals surface area contributed by atoms with Gasteiger partial charge in [0.25, 0.3) is 5.91 Å². The van der Waals surface area contributed by atoms with E-state index in [0.717, 1.165) is 11.1 Å². The van der Waals surface area contributed by atoms with Gasteiger partial charge in [-0.2, -0.15) is 0 Å². The van der Waals surface area contributed by atoms with E-state index >= 15 is 0 Å². The highest BCUT2D eigenvalue weighted by Gasteiger charge is 2.18. The molecule has 0 fully saturated rings. The van der Waals surface area contributed by atoms with Crippen LogP contribution in [0.15, 0.2) is 109 Å². The zero-order valence-corrected chi connectivity index (χ0v) is 20.6. The van der Waals surface area contributed by atoms with E-state index in [-0.39, 0.29) is 18.3 Å². The number of carbonyl (C=O) groups excluding carboxylic acids is 1. The quantitative estimate of drug-likeness (QED) is 0.139. The third kappa shape index (κ3) is 7.69. The molecule has 5 N–H and O–H groups in total. The van der Waals surface area contributed by atoms with Crippen LogP contribution in [-0.4, -0.2) is 22.9 Å². The lowest BCUT2D eigenvalue weighted by molar-refractivity contribution is -0.138. The standard InChI is InChI=1S/C30H28N4O4/c31-30(32-20-21-9-3-1-4-10-21)34-24-14-7-13-23(17-24)29(37)33-25-15-8-16-26(18-25)38-27(19-28(35)36)22-11-5-2-6-12-22/h1-18,27H,19-20H2,(H,33,37)(H,35,36)(H3,31,32,34). The van der Waals surface area contributed by atoms with Gasteiger partial charge < -0.3 is 25.8 Å². The Balaban J connectivity index is 1.38. The van der Waals surface area contributed by atoms with Crippen molar-refractivity contribution < 1.29 is 19.4 Å². The number of carboxylic acid groups (broad SMARTS) is 1. The lowest BCUT2D eigenvalue weighted by Gasteiger charge is -2.18. The summed E-state index contributed by atoms with van der Waals surface area (Å²) in [7, 11) is 0. The van der Waals surface area contributed by atoms with E-state index < -0.39 is 12.1 Å². The molecule has 0 aromatic heterocycles. The molecule has 0 aliphatic heterocycles. The summed E-state index contributed by atoms with van der Waals surface area (Å²) in [6.07, 6.45) is -0.872. The van der Waals surface area contributed by atoms with Crippen LogP contribution in [0, 0.1) is 5.41 Å². The van der Waals surface area contributed by atoms with Gasteiger partial charge in [-0.15, -0.1) is 0 Å². The number of ether oxygens (including phenoxy) is 1. The first kappa shape index (κ1) is 26.0. The molecular weight excluding hydrogens is 480 g/mol. The summed E-state index contributed by atoms with van der Waals surface area (Å²) < 4.78 is 5.98. The lowest BCUT2D eigenvalue weighted by Crippen LogP contribution is -2.29. The number of hydrogen-bond donors (Lipinski definition) is 5. The highest BCUT2D eigenvalue weighted by atomic mass is 16.5. The molecule has 0 saturated heterocycles. The fourth-order valence-corrected chi connectivity index (χ4v) is 3.78. The Labute approximate surface area is 220 Å². The number of carbonyl (C=O) groups is 2. The van der Waals surface area contributed by atoms with Gasteiger partial charge in [-0.1, -0.05) is 72.8 Å². The van der Waals surface area contributed by atoms with Gasteiger partial charge >= 0.3 is 5.97 Å². The summed E-state index contributed by atoms with van der Waals surface area (Å²) in [4.78, 5) is 24.3. The van der Waals surface area contributed by atoms with Crippen molar-refractivity contribution in [3.8, 4) is 5.75 Å². The number of hydrogen-bond acceptors (Lipinski definition) is 4. The number of nitrogens with one attached hydrogen (secondary N) is 4. The molecule has 0 saturated carbocycles. The second-order valence-electron chi connectivity index (χ2n) is 8.52. The van der Waals surface area contributed by atoms with Gasteiger partial charge in [0.05, 0.1) is 6.42 Å². The highest BCUT2D eigenvalue weighted by Crippen LogP contribution is 2.27. The molecule has 0 aliphatic rings. The number of carboxylic acids is 1. The number of guanidine groups is 1. The van der Waals surface area contributed by atoms with Gasteiger partial charge in [0, 0.05) is 29.5 Å². The van der Waals surface area contributed by atoms with E-state index in [4.69, 9.17) is 10.1 Å². The van der Waals surface area contributed by atoms with Crippen LogP contribution in [-0.2, 0) is 11.3 Å². The van der Waals surface area contributed by atoms with Gasteiger partial charge in [-0.25, -0.2) is 0 Å².